The van der Waals surface area contributed by atoms with Crippen LogP contribution in [0.5, 0.6) is 5.75 Å². The van der Waals surface area contributed by atoms with Crippen LogP contribution in [0.4, 0.5) is 17.1 Å². The average Bonchev–Trinajstić information content (AvgIpc) is 3.27. The van der Waals surface area contributed by atoms with Crippen molar-refractivity contribution in [2.75, 3.05) is 12.0 Å². The van der Waals surface area contributed by atoms with Crippen LogP contribution in [-0.2, 0) is 14.4 Å². The van der Waals surface area contributed by atoms with Crippen molar-refractivity contribution >= 4 is 34.6 Å². The fourth-order valence-corrected chi connectivity index (χ4v) is 3.37. The Bertz CT molecular complexity index is 1130. The van der Waals surface area contributed by atoms with E-state index in [1.54, 1.807) is 0 Å². The summed E-state index contributed by atoms with van der Waals surface area (Å²) in [6.07, 6.45) is -1.24. The van der Waals surface area contributed by atoms with Gasteiger partial charge in [0.1, 0.15) is 23.1 Å². The van der Waals surface area contributed by atoms with Crippen molar-refractivity contribution < 1.29 is 29.0 Å². The molecule has 0 aromatic heterocycles. The maximum atomic E-state index is 13.1. The molecule has 152 valence electrons. The molecule has 1 saturated heterocycles. The van der Waals surface area contributed by atoms with Crippen LogP contribution in [0.1, 0.15) is 5.56 Å². The van der Waals surface area contributed by atoms with Crippen molar-refractivity contribution in [2.45, 2.75) is 6.10 Å². The van der Waals surface area contributed by atoms with Crippen LogP contribution in [0.2, 0.25) is 0 Å². The highest BCUT2D eigenvalue weighted by Gasteiger charge is 2.56. The zero-order valence-electron chi connectivity index (χ0n) is 15.3. The van der Waals surface area contributed by atoms with Crippen LogP contribution >= 0.6 is 0 Å². The van der Waals surface area contributed by atoms with Gasteiger partial charge in [0, 0.05) is 29.8 Å². The molecule has 0 bridgehead atoms. The lowest BCUT2D eigenvalue weighted by molar-refractivity contribution is -0.385. The Balaban J connectivity index is 1.72. The van der Waals surface area contributed by atoms with Crippen LogP contribution < -0.4 is 9.64 Å². The van der Waals surface area contributed by atoms with Gasteiger partial charge in [-0.2, -0.15) is 0 Å². The van der Waals surface area contributed by atoms with Gasteiger partial charge in [0.25, 0.3) is 17.3 Å². The van der Waals surface area contributed by atoms with E-state index in [4.69, 9.17) is 9.57 Å². The second-order valence-electron chi connectivity index (χ2n) is 6.41. The van der Waals surface area contributed by atoms with E-state index in [1.165, 1.54) is 43.5 Å². The van der Waals surface area contributed by atoms with Gasteiger partial charge in [-0.05, 0) is 18.2 Å². The standard InChI is InChI=1S/C18H12N4O8/c1-29-13-7-6-11(22(27)28)8-12(13)20-17(23)14-15(19-30-16(14)18(20)24)9-2-4-10(5-3-9)21(25)26/h2-8,14,16H,1H3/t14-,16-/m0/s1. The highest BCUT2D eigenvalue weighted by Crippen LogP contribution is 2.40. The van der Waals surface area contributed by atoms with E-state index in [0.29, 0.717) is 5.56 Å². The lowest BCUT2D eigenvalue weighted by atomic mass is 9.94. The van der Waals surface area contributed by atoms with Gasteiger partial charge in [0.05, 0.1) is 17.0 Å². The highest BCUT2D eigenvalue weighted by atomic mass is 16.7. The van der Waals surface area contributed by atoms with Crippen molar-refractivity contribution in [3.63, 3.8) is 0 Å². The maximum Gasteiger partial charge on any atom is 0.279 e. The number of carbonyl (C=O) groups is 2. The van der Waals surface area contributed by atoms with Crippen molar-refractivity contribution in [1.82, 2.24) is 0 Å². The number of imide groups is 1. The van der Waals surface area contributed by atoms with Crippen molar-refractivity contribution in [3.8, 4) is 5.75 Å². The summed E-state index contributed by atoms with van der Waals surface area (Å²) in [5.74, 6) is -2.44. The Hall–Kier alpha value is -4.35. The summed E-state index contributed by atoms with van der Waals surface area (Å²) >= 11 is 0. The third kappa shape index (κ3) is 2.82. The number of fused-ring (bicyclic) bond motifs is 1. The first-order chi connectivity index (χ1) is 14.3. The normalized spacial score (nSPS) is 19.9. The zero-order valence-corrected chi connectivity index (χ0v) is 15.3. The molecule has 2 aromatic carbocycles. The van der Waals surface area contributed by atoms with E-state index < -0.39 is 33.7 Å². The van der Waals surface area contributed by atoms with Gasteiger partial charge in [0.15, 0.2) is 0 Å². The summed E-state index contributed by atoms with van der Waals surface area (Å²) in [5, 5.41) is 25.8. The number of methoxy groups -OCH3 is 1. The van der Waals surface area contributed by atoms with E-state index >= 15 is 0 Å². The summed E-state index contributed by atoms with van der Waals surface area (Å²) < 4.78 is 5.15. The third-order valence-corrected chi connectivity index (χ3v) is 4.80. The lowest BCUT2D eigenvalue weighted by Crippen LogP contribution is -2.33. The largest absolute Gasteiger partial charge is 0.495 e. The molecule has 4 rings (SSSR count). The minimum absolute atomic E-state index is 0.0808. The highest BCUT2D eigenvalue weighted by molar-refractivity contribution is 6.32. The molecular weight excluding hydrogens is 400 g/mol. The summed E-state index contributed by atoms with van der Waals surface area (Å²) in [4.78, 5) is 52.7. The predicted octanol–water partition coefficient (Wildman–Crippen LogP) is 1.80. The number of hydrogen-bond donors (Lipinski definition) is 0. The van der Waals surface area contributed by atoms with Crippen LogP contribution in [0.25, 0.3) is 0 Å². The molecule has 2 aliphatic rings. The molecule has 2 aromatic rings. The molecule has 30 heavy (non-hydrogen) atoms. The van der Waals surface area contributed by atoms with Gasteiger partial charge in [-0.1, -0.05) is 5.16 Å². The SMILES string of the molecule is COc1ccc([N+](=O)[O-])cc1N1C(=O)[C@H]2C(c3ccc([N+](=O)[O-])cc3)=NO[C@@H]2C1=O. The second kappa shape index (κ2) is 6.92. The van der Waals surface area contributed by atoms with E-state index in [0.717, 1.165) is 11.0 Å². The summed E-state index contributed by atoms with van der Waals surface area (Å²) in [6, 6.07) is 8.83. The van der Waals surface area contributed by atoms with Gasteiger partial charge >= 0.3 is 0 Å². The number of hydrogen-bond acceptors (Lipinski definition) is 9. The number of non-ortho nitro benzene ring substituents is 2. The number of nitrogens with zero attached hydrogens (tertiary/aromatic N) is 4. The van der Waals surface area contributed by atoms with Crippen LogP contribution in [-0.4, -0.2) is 40.6 Å². The number of nitro benzene ring substituents is 2. The molecular formula is C18H12N4O8. The molecule has 0 spiro atoms. The molecule has 0 aliphatic carbocycles. The number of ether oxygens (including phenoxy) is 1. The Morgan fingerprint density at radius 1 is 1.00 bits per heavy atom. The third-order valence-electron chi connectivity index (χ3n) is 4.80. The van der Waals surface area contributed by atoms with Gasteiger partial charge in [-0.25, -0.2) is 4.90 Å². The number of nitro groups is 2. The van der Waals surface area contributed by atoms with Crippen LogP contribution in [0, 0.1) is 26.1 Å². The lowest BCUT2D eigenvalue weighted by Gasteiger charge is -2.18. The first-order valence-electron chi connectivity index (χ1n) is 8.52. The zero-order chi connectivity index (χ0) is 21.6. The molecule has 12 heteroatoms. The van der Waals surface area contributed by atoms with Gasteiger partial charge in [-0.15, -0.1) is 0 Å². The van der Waals surface area contributed by atoms with Gasteiger partial charge < -0.3 is 9.57 Å². The summed E-state index contributed by atoms with van der Waals surface area (Å²) in [7, 11) is 1.30. The van der Waals surface area contributed by atoms with Crippen LogP contribution in [0.3, 0.4) is 0 Å². The van der Waals surface area contributed by atoms with Crippen molar-refractivity contribution in [2.24, 2.45) is 11.1 Å². The molecule has 0 radical (unpaired) electrons. The second-order valence-corrected chi connectivity index (χ2v) is 6.41. The Morgan fingerprint density at radius 3 is 2.23 bits per heavy atom. The number of benzene rings is 2. The molecule has 2 amide bonds. The minimum Gasteiger partial charge on any atom is -0.495 e. The number of amides is 2. The molecule has 2 aliphatic heterocycles. The van der Waals surface area contributed by atoms with Gasteiger partial charge in [0.2, 0.25) is 12.0 Å². The van der Waals surface area contributed by atoms with E-state index in [1.807, 2.05) is 0 Å². The quantitative estimate of drug-likeness (QED) is 0.409. The smallest absolute Gasteiger partial charge is 0.279 e. The molecule has 0 N–H and O–H groups in total. The van der Waals surface area contributed by atoms with Crippen molar-refractivity contribution in [3.05, 3.63) is 68.3 Å². The molecule has 1 fully saturated rings. The number of carbonyl (C=O) groups excluding carboxylic acids is 2. The Kier molecular flexibility index (Phi) is 4.38. The summed E-state index contributed by atoms with van der Waals surface area (Å²) in [5.41, 5.74) is -0.0368. The summed E-state index contributed by atoms with van der Waals surface area (Å²) in [6.45, 7) is 0. The minimum atomic E-state index is -1.24. The predicted molar refractivity (Wildman–Crippen MR) is 100 cm³/mol. The van der Waals surface area contributed by atoms with E-state index in [2.05, 4.69) is 5.16 Å². The first-order valence-corrected chi connectivity index (χ1v) is 8.52. The molecule has 2 heterocycles. The number of anilines is 1. The first kappa shape index (κ1) is 19.0. The number of rotatable bonds is 5. The Morgan fingerprint density at radius 2 is 1.63 bits per heavy atom. The van der Waals surface area contributed by atoms with Gasteiger partial charge in [-0.3, -0.25) is 29.8 Å². The fourth-order valence-electron chi connectivity index (χ4n) is 3.37. The fraction of sp³-hybridized carbons (Fsp3) is 0.167. The topological polar surface area (TPSA) is 154 Å². The number of oxime groups is 1. The monoisotopic (exact) mass is 412 g/mol. The molecule has 0 unspecified atom stereocenters. The maximum absolute atomic E-state index is 13.1. The van der Waals surface area contributed by atoms with E-state index in [9.17, 15) is 29.8 Å². The molecule has 2 atom stereocenters. The van der Waals surface area contributed by atoms with Crippen LogP contribution in [0.15, 0.2) is 47.6 Å². The molecule has 12 nitrogen and oxygen atoms in total. The van der Waals surface area contributed by atoms with E-state index in [-0.39, 0.29) is 28.5 Å². The molecule has 0 saturated carbocycles. The average molecular weight is 412 g/mol. The Labute approximate surface area is 167 Å². The van der Waals surface area contributed by atoms with Crippen molar-refractivity contribution in [1.29, 1.82) is 0 Å².